The van der Waals surface area contributed by atoms with Gasteiger partial charge in [-0.3, -0.25) is 14.3 Å². The van der Waals surface area contributed by atoms with Gasteiger partial charge in [0.05, 0.1) is 5.69 Å². The maximum absolute atomic E-state index is 12.1. The van der Waals surface area contributed by atoms with Crippen LogP contribution in [0, 0.1) is 13.8 Å². The van der Waals surface area contributed by atoms with Crippen LogP contribution >= 0.6 is 0 Å². The van der Waals surface area contributed by atoms with Crippen LogP contribution in [0.15, 0.2) is 11.2 Å². The quantitative estimate of drug-likeness (QED) is 0.825. The fourth-order valence-corrected chi connectivity index (χ4v) is 2.62. The minimum absolute atomic E-state index is 0.0543. The lowest BCUT2D eigenvalue weighted by Crippen LogP contribution is -2.30. The Morgan fingerprint density at radius 1 is 1.39 bits per heavy atom. The summed E-state index contributed by atoms with van der Waals surface area (Å²) in [6, 6.07) is 2.05. The molecule has 0 aliphatic carbocycles. The molecule has 2 amide bonds. The normalized spacial score (nSPS) is 14.4. The smallest absolute Gasteiger partial charge is 0.240 e. The first kappa shape index (κ1) is 17.2. The van der Waals surface area contributed by atoms with E-state index in [0.29, 0.717) is 32.2 Å². The number of aryl methyl sites for hydroxylation is 3. The molecule has 1 aromatic rings. The lowest BCUT2D eigenvalue weighted by atomic mass is 10.1. The number of carbonyl (C=O) groups excluding carboxylic acids is 2. The minimum atomic E-state index is -0.0543. The van der Waals surface area contributed by atoms with E-state index in [-0.39, 0.29) is 11.8 Å². The van der Waals surface area contributed by atoms with Gasteiger partial charge in [0.1, 0.15) is 0 Å². The average molecular weight is 319 g/mol. The third-order valence-corrected chi connectivity index (χ3v) is 4.00. The monoisotopic (exact) mass is 319 g/mol. The van der Waals surface area contributed by atoms with Gasteiger partial charge in [-0.15, -0.1) is 0 Å². The molecule has 1 aromatic heterocycles. The highest BCUT2D eigenvalue weighted by Gasteiger charge is 2.14. The van der Waals surface area contributed by atoms with Gasteiger partial charge in [0.2, 0.25) is 11.8 Å². The van der Waals surface area contributed by atoms with Crippen molar-refractivity contribution in [1.82, 2.24) is 20.1 Å². The second kappa shape index (κ2) is 7.89. The second-order valence-corrected chi connectivity index (χ2v) is 6.03. The highest BCUT2D eigenvalue weighted by molar-refractivity contribution is 5.94. The number of aromatic nitrogens is 2. The Kier molecular flexibility index (Phi) is 5.90. The Labute approximate surface area is 136 Å². The minimum Gasteiger partial charge on any atom is -0.346 e. The molecule has 0 radical (unpaired) electrons. The van der Waals surface area contributed by atoms with Gasteiger partial charge in [0.15, 0.2) is 0 Å². The van der Waals surface area contributed by atoms with Crippen molar-refractivity contribution < 1.29 is 9.59 Å². The molecule has 1 aliphatic rings. The number of carbonyl (C=O) groups is 2. The summed E-state index contributed by atoms with van der Waals surface area (Å²) < 4.78 is 1.98. The summed E-state index contributed by atoms with van der Waals surface area (Å²) in [7, 11) is 1.83. The first-order valence-corrected chi connectivity index (χ1v) is 8.05. The van der Waals surface area contributed by atoms with E-state index in [4.69, 9.17) is 0 Å². The van der Waals surface area contributed by atoms with Crippen LogP contribution in [0.5, 0.6) is 0 Å². The molecule has 0 saturated heterocycles. The largest absolute Gasteiger partial charge is 0.346 e. The van der Waals surface area contributed by atoms with Crippen LogP contribution in [0.3, 0.4) is 0 Å². The third-order valence-electron chi connectivity index (χ3n) is 4.00. The van der Waals surface area contributed by atoms with E-state index in [1.54, 1.807) is 4.90 Å². The molecular weight excluding hydrogens is 294 g/mol. The Balaban J connectivity index is 1.68. The molecule has 0 atom stereocenters. The zero-order valence-electron chi connectivity index (χ0n) is 14.1. The zero-order chi connectivity index (χ0) is 16.8. The third kappa shape index (κ3) is 5.19. The Bertz CT molecular complexity index is 606. The van der Waals surface area contributed by atoms with E-state index in [9.17, 15) is 9.59 Å². The standard InChI is InChI=1S/C16H25N5O2/c1-12-11-13(2)21(19-12)10-4-9-20(3)16(23)8-6-14-5-7-15(22)18-17-14/h11H,4-10H2,1-3H3,(H,18,22). The van der Waals surface area contributed by atoms with Gasteiger partial charge in [-0.05, 0) is 39.2 Å². The zero-order valence-corrected chi connectivity index (χ0v) is 14.1. The van der Waals surface area contributed by atoms with Crippen LogP contribution in [0.25, 0.3) is 0 Å². The van der Waals surface area contributed by atoms with Crippen LogP contribution in [-0.2, 0) is 16.1 Å². The van der Waals surface area contributed by atoms with E-state index in [1.807, 2.05) is 25.6 Å². The molecule has 126 valence electrons. The lowest BCUT2D eigenvalue weighted by molar-refractivity contribution is -0.129. The van der Waals surface area contributed by atoms with Crippen LogP contribution in [0.2, 0.25) is 0 Å². The van der Waals surface area contributed by atoms with E-state index < -0.39 is 0 Å². The summed E-state index contributed by atoms with van der Waals surface area (Å²) >= 11 is 0. The molecular formula is C16H25N5O2. The van der Waals surface area contributed by atoms with E-state index in [2.05, 4.69) is 21.7 Å². The number of nitrogens with one attached hydrogen (secondary N) is 1. The summed E-state index contributed by atoms with van der Waals surface area (Å²) in [6.45, 7) is 5.55. The van der Waals surface area contributed by atoms with Crippen molar-refractivity contribution in [2.75, 3.05) is 13.6 Å². The number of amides is 2. The maximum Gasteiger partial charge on any atom is 0.240 e. The molecule has 7 nitrogen and oxygen atoms in total. The van der Waals surface area contributed by atoms with E-state index in [0.717, 1.165) is 30.1 Å². The molecule has 2 rings (SSSR count). The van der Waals surface area contributed by atoms with Gasteiger partial charge in [-0.25, -0.2) is 5.43 Å². The predicted octanol–water partition coefficient (Wildman–Crippen LogP) is 1.39. The highest BCUT2D eigenvalue weighted by Crippen LogP contribution is 2.08. The second-order valence-electron chi connectivity index (χ2n) is 6.03. The number of hydrazone groups is 1. The lowest BCUT2D eigenvalue weighted by Gasteiger charge is -2.18. The topological polar surface area (TPSA) is 79.6 Å². The van der Waals surface area contributed by atoms with Crippen LogP contribution in [0.1, 0.15) is 43.5 Å². The molecule has 0 aromatic carbocycles. The molecule has 1 aliphatic heterocycles. The van der Waals surface area contributed by atoms with Gasteiger partial charge < -0.3 is 4.90 Å². The summed E-state index contributed by atoms with van der Waals surface area (Å²) in [5, 5.41) is 8.41. The summed E-state index contributed by atoms with van der Waals surface area (Å²) in [5.74, 6) is 0.0549. The molecule has 0 saturated carbocycles. The average Bonchev–Trinajstić information content (AvgIpc) is 2.84. The van der Waals surface area contributed by atoms with Crippen molar-refractivity contribution in [2.24, 2.45) is 5.10 Å². The Hall–Kier alpha value is -2.18. The Morgan fingerprint density at radius 3 is 2.78 bits per heavy atom. The molecule has 0 unspecified atom stereocenters. The van der Waals surface area contributed by atoms with Crippen molar-refractivity contribution in [2.45, 2.75) is 52.5 Å². The maximum atomic E-state index is 12.1. The molecule has 7 heteroatoms. The van der Waals surface area contributed by atoms with Gasteiger partial charge >= 0.3 is 0 Å². The number of rotatable bonds is 7. The fourth-order valence-electron chi connectivity index (χ4n) is 2.62. The van der Waals surface area contributed by atoms with Crippen LogP contribution < -0.4 is 5.43 Å². The van der Waals surface area contributed by atoms with E-state index >= 15 is 0 Å². The van der Waals surface area contributed by atoms with Gasteiger partial charge in [-0.2, -0.15) is 10.2 Å². The first-order chi connectivity index (χ1) is 11.0. The number of nitrogens with zero attached hydrogens (tertiary/aromatic N) is 4. The molecule has 0 spiro atoms. The molecule has 23 heavy (non-hydrogen) atoms. The summed E-state index contributed by atoms with van der Waals surface area (Å²) in [4.78, 5) is 24.9. The summed E-state index contributed by atoms with van der Waals surface area (Å²) in [5.41, 5.74) is 5.52. The molecule has 2 heterocycles. The van der Waals surface area contributed by atoms with Gasteiger partial charge in [0, 0.05) is 44.4 Å². The predicted molar refractivity (Wildman–Crippen MR) is 88.0 cm³/mol. The van der Waals surface area contributed by atoms with Gasteiger partial charge in [0.25, 0.3) is 0 Å². The van der Waals surface area contributed by atoms with Crippen LogP contribution in [0.4, 0.5) is 0 Å². The van der Waals surface area contributed by atoms with Crippen molar-refractivity contribution in [1.29, 1.82) is 0 Å². The molecule has 0 bridgehead atoms. The first-order valence-electron chi connectivity index (χ1n) is 8.05. The number of hydrogen-bond acceptors (Lipinski definition) is 4. The SMILES string of the molecule is Cc1cc(C)n(CCCN(C)C(=O)CCC2=NNC(=O)CC2)n1. The molecule has 1 N–H and O–H groups in total. The Morgan fingerprint density at radius 2 is 2.17 bits per heavy atom. The fraction of sp³-hybridized carbons (Fsp3) is 0.625. The van der Waals surface area contributed by atoms with Gasteiger partial charge in [-0.1, -0.05) is 0 Å². The van der Waals surface area contributed by atoms with Crippen molar-refractivity contribution in [3.8, 4) is 0 Å². The van der Waals surface area contributed by atoms with Crippen molar-refractivity contribution in [3.63, 3.8) is 0 Å². The number of hydrogen-bond donors (Lipinski definition) is 1. The van der Waals surface area contributed by atoms with E-state index in [1.165, 1.54) is 0 Å². The van der Waals surface area contributed by atoms with Crippen LogP contribution in [-0.4, -0.2) is 45.8 Å². The summed E-state index contributed by atoms with van der Waals surface area (Å²) in [6.07, 6.45) is 3.04. The molecule has 0 fully saturated rings. The highest BCUT2D eigenvalue weighted by atomic mass is 16.2. The van der Waals surface area contributed by atoms with Crippen molar-refractivity contribution in [3.05, 3.63) is 17.5 Å². The van der Waals surface area contributed by atoms with Crippen molar-refractivity contribution >= 4 is 17.5 Å².